The van der Waals surface area contributed by atoms with Gasteiger partial charge in [-0.1, -0.05) is 19.8 Å². The normalized spacial score (nSPS) is 38.2. The van der Waals surface area contributed by atoms with Gasteiger partial charge < -0.3 is 5.11 Å². The molecule has 1 saturated carbocycles. The molecule has 0 amide bonds. The zero-order valence-corrected chi connectivity index (χ0v) is 10.7. The van der Waals surface area contributed by atoms with Crippen LogP contribution >= 0.6 is 0 Å². The van der Waals surface area contributed by atoms with Crippen LogP contribution in [-0.2, 0) is 0 Å². The van der Waals surface area contributed by atoms with Crippen molar-refractivity contribution < 1.29 is 5.11 Å². The Hall–Kier alpha value is -0.0800. The molecule has 0 spiro atoms. The smallest absolute Gasteiger partial charge is 0.0615 e. The van der Waals surface area contributed by atoms with Crippen LogP contribution in [0.3, 0.4) is 0 Å². The average Bonchev–Trinajstić information content (AvgIpc) is 2.60. The summed E-state index contributed by atoms with van der Waals surface area (Å²) in [6, 6.07) is 0. The maximum Gasteiger partial charge on any atom is 0.0615 e. The van der Waals surface area contributed by atoms with Crippen molar-refractivity contribution in [2.24, 2.45) is 5.92 Å². The van der Waals surface area contributed by atoms with E-state index in [0.717, 1.165) is 5.92 Å². The van der Waals surface area contributed by atoms with Crippen molar-refractivity contribution in [3.63, 3.8) is 0 Å². The van der Waals surface area contributed by atoms with Crippen LogP contribution < -0.4 is 0 Å². The summed E-state index contributed by atoms with van der Waals surface area (Å²) in [5.74, 6) is 0.867. The molecule has 0 aromatic heterocycles. The molecule has 2 heteroatoms. The minimum atomic E-state index is 0.150. The number of aliphatic hydroxyl groups is 1. The molecule has 2 nitrogen and oxygen atoms in total. The third-order valence-electron chi connectivity index (χ3n) is 4.78. The van der Waals surface area contributed by atoms with Crippen LogP contribution in [0.25, 0.3) is 0 Å². The minimum absolute atomic E-state index is 0.150. The highest BCUT2D eigenvalue weighted by Crippen LogP contribution is 2.37. The molecule has 1 heterocycles. The molecule has 94 valence electrons. The summed E-state index contributed by atoms with van der Waals surface area (Å²) in [5, 5.41) is 9.83. The molecule has 1 aliphatic carbocycles. The molecule has 1 aliphatic heterocycles. The van der Waals surface area contributed by atoms with E-state index in [9.17, 15) is 5.11 Å². The Kier molecular flexibility index (Phi) is 4.26. The van der Waals surface area contributed by atoms with Crippen molar-refractivity contribution in [2.75, 3.05) is 19.7 Å². The van der Waals surface area contributed by atoms with Gasteiger partial charge in [-0.25, -0.2) is 0 Å². The van der Waals surface area contributed by atoms with Gasteiger partial charge in [-0.3, -0.25) is 4.90 Å². The number of hydrogen-bond donors (Lipinski definition) is 1. The van der Waals surface area contributed by atoms with Gasteiger partial charge in [-0.05, 0) is 57.5 Å². The van der Waals surface area contributed by atoms with Crippen molar-refractivity contribution in [3.8, 4) is 0 Å². The second-order valence-corrected chi connectivity index (χ2v) is 5.97. The summed E-state index contributed by atoms with van der Waals surface area (Å²) in [4.78, 5) is 2.62. The van der Waals surface area contributed by atoms with E-state index < -0.39 is 0 Å². The molecule has 2 rings (SSSR count). The number of aliphatic hydroxyl groups excluding tert-OH is 1. The summed E-state index contributed by atoms with van der Waals surface area (Å²) in [6.07, 6.45) is 10.5. The van der Waals surface area contributed by atoms with E-state index in [4.69, 9.17) is 0 Å². The predicted octanol–water partition coefficient (Wildman–Crippen LogP) is 2.80. The molecular formula is C14H27NO. The summed E-state index contributed by atoms with van der Waals surface area (Å²) < 4.78 is 0. The Balaban J connectivity index is 2.01. The maximum absolute atomic E-state index is 9.83. The Labute approximate surface area is 100 Å². The van der Waals surface area contributed by atoms with Crippen LogP contribution in [0.15, 0.2) is 0 Å². The Morgan fingerprint density at radius 1 is 1.06 bits per heavy atom. The summed E-state index contributed by atoms with van der Waals surface area (Å²) in [5.41, 5.74) is 0.150. The van der Waals surface area contributed by atoms with E-state index in [1.807, 2.05) is 0 Å². The van der Waals surface area contributed by atoms with Gasteiger partial charge in [0, 0.05) is 5.54 Å². The van der Waals surface area contributed by atoms with Crippen LogP contribution in [0.2, 0.25) is 0 Å². The summed E-state index contributed by atoms with van der Waals surface area (Å²) in [7, 11) is 0. The molecule has 2 aliphatic rings. The lowest BCUT2D eigenvalue weighted by Crippen LogP contribution is -2.53. The van der Waals surface area contributed by atoms with Crippen molar-refractivity contribution in [3.05, 3.63) is 0 Å². The van der Waals surface area contributed by atoms with E-state index in [1.165, 1.54) is 64.5 Å². The third-order valence-corrected chi connectivity index (χ3v) is 4.78. The molecular weight excluding hydrogens is 198 g/mol. The SMILES string of the molecule is CC1CCC(CO)(N2CCCCCC2)CC1. The molecule has 0 aromatic carbocycles. The van der Waals surface area contributed by atoms with Crippen LogP contribution in [0.4, 0.5) is 0 Å². The van der Waals surface area contributed by atoms with E-state index >= 15 is 0 Å². The standard InChI is InChI=1S/C14H27NO/c1-13-6-8-14(12-16,9-7-13)15-10-4-2-3-5-11-15/h13,16H,2-12H2,1H3. The highest BCUT2D eigenvalue weighted by Gasteiger charge is 2.38. The highest BCUT2D eigenvalue weighted by molar-refractivity contribution is 4.94. The van der Waals surface area contributed by atoms with E-state index in [1.54, 1.807) is 0 Å². The van der Waals surface area contributed by atoms with E-state index in [2.05, 4.69) is 11.8 Å². The van der Waals surface area contributed by atoms with Gasteiger partial charge >= 0.3 is 0 Å². The van der Waals surface area contributed by atoms with Crippen LogP contribution in [0.5, 0.6) is 0 Å². The minimum Gasteiger partial charge on any atom is -0.394 e. The summed E-state index contributed by atoms with van der Waals surface area (Å²) in [6.45, 7) is 5.16. The number of rotatable bonds is 2. The zero-order chi connectivity index (χ0) is 11.4. The lowest BCUT2D eigenvalue weighted by Gasteiger charge is -2.46. The topological polar surface area (TPSA) is 23.5 Å². The first-order valence-corrected chi connectivity index (χ1v) is 7.13. The molecule has 0 aromatic rings. The fourth-order valence-electron chi connectivity index (χ4n) is 3.42. The molecule has 0 atom stereocenters. The first-order valence-electron chi connectivity index (χ1n) is 7.13. The summed E-state index contributed by atoms with van der Waals surface area (Å²) >= 11 is 0. The second-order valence-electron chi connectivity index (χ2n) is 5.97. The Morgan fingerprint density at radius 3 is 2.12 bits per heavy atom. The van der Waals surface area contributed by atoms with Gasteiger partial charge in [0.25, 0.3) is 0 Å². The van der Waals surface area contributed by atoms with Crippen LogP contribution in [0.1, 0.15) is 58.3 Å². The van der Waals surface area contributed by atoms with Gasteiger partial charge in [0.05, 0.1) is 6.61 Å². The second kappa shape index (κ2) is 5.50. The van der Waals surface area contributed by atoms with E-state index in [-0.39, 0.29) is 5.54 Å². The zero-order valence-electron chi connectivity index (χ0n) is 10.7. The first-order chi connectivity index (χ1) is 7.77. The first kappa shape index (κ1) is 12.4. The number of likely N-dealkylation sites (tertiary alicyclic amines) is 1. The average molecular weight is 225 g/mol. The third kappa shape index (κ3) is 2.60. The maximum atomic E-state index is 9.83. The number of hydrogen-bond acceptors (Lipinski definition) is 2. The van der Waals surface area contributed by atoms with Gasteiger partial charge in [-0.2, -0.15) is 0 Å². The van der Waals surface area contributed by atoms with Gasteiger partial charge in [-0.15, -0.1) is 0 Å². The van der Waals surface area contributed by atoms with Crippen molar-refractivity contribution >= 4 is 0 Å². The Morgan fingerprint density at radius 2 is 1.62 bits per heavy atom. The predicted molar refractivity (Wildman–Crippen MR) is 67.5 cm³/mol. The lowest BCUT2D eigenvalue weighted by molar-refractivity contribution is -0.00616. The molecule has 2 fully saturated rings. The van der Waals surface area contributed by atoms with Crippen LogP contribution in [0, 0.1) is 5.92 Å². The number of nitrogens with zero attached hydrogens (tertiary/aromatic N) is 1. The largest absolute Gasteiger partial charge is 0.394 e. The van der Waals surface area contributed by atoms with Crippen LogP contribution in [-0.4, -0.2) is 35.2 Å². The molecule has 16 heavy (non-hydrogen) atoms. The Bertz CT molecular complexity index is 201. The molecule has 1 saturated heterocycles. The monoisotopic (exact) mass is 225 g/mol. The van der Waals surface area contributed by atoms with Crippen molar-refractivity contribution in [1.29, 1.82) is 0 Å². The fraction of sp³-hybridized carbons (Fsp3) is 1.00. The van der Waals surface area contributed by atoms with Crippen molar-refractivity contribution in [2.45, 2.75) is 63.8 Å². The quantitative estimate of drug-likeness (QED) is 0.781. The molecule has 0 unspecified atom stereocenters. The highest BCUT2D eigenvalue weighted by atomic mass is 16.3. The molecule has 1 N–H and O–H groups in total. The molecule has 0 radical (unpaired) electrons. The van der Waals surface area contributed by atoms with E-state index in [0.29, 0.717) is 6.61 Å². The van der Waals surface area contributed by atoms with Crippen molar-refractivity contribution in [1.82, 2.24) is 4.90 Å². The molecule has 0 bridgehead atoms. The lowest BCUT2D eigenvalue weighted by atomic mass is 9.76. The van der Waals surface area contributed by atoms with Gasteiger partial charge in [0.2, 0.25) is 0 Å². The van der Waals surface area contributed by atoms with Gasteiger partial charge in [0.1, 0.15) is 0 Å². The van der Waals surface area contributed by atoms with Gasteiger partial charge in [0.15, 0.2) is 0 Å². The fourth-order valence-corrected chi connectivity index (χ4v) is 3.42.